The van der Waals surface area contributed by atoms with E-state index in [1.165, 1.54) is 0 Å². The van der Waals surface area contributed by atoms with Gasteiger partial charge in [-0.05, 0) is 24.3 Å². The van der Waals surface area contributed by atoms with Crippen LogP contribution in [0.2, 0.25) is 0 Å². The summed E-state index contributed by atoms with van der Waals surface area (Å²) in [4.78, 5) is 12.2. The van der Waals surface area contributed by atoms with Gasteiger partial charge in [-0.15, -0.1) is 0 Å². The van der Waals surface area contributed by atoms with E-state index in [1.54, 1.807) is 12.1 Å². The number of Topliss-reactive ketones (excluding diaryl/α,β-unsaturated/α-hetero) is 1. The van der Waals surface area contributed by atoms with E-state index in [2.05, 4.69) is 27.8 Å². The maximum Gasteiger partial charge on any atom is 0.231 e. The van der Waals surface area contributed by atoms with Crippen LogP contribution < -0.4 is 14.8 Å². The number of anilines is 1. The van der Waals surface area contributed by atoms with E-state index in [-0.39, 0.29) is 19.0 Å². The Bertz CT molecular complexity index is 725. The van der Waals surface area contributed by atoms with Gasteiger partial charge >= 0.3 is 0 Å². The molecule has 0 aliphatic carbocycles. The number of hydrogen-bond acceptors (Lipinski definition) is 4. The van der Waals surface area contributed by atoms with Gasteiger partial charge in [0.25, 0.3) is 0 Å². The Kier molecular flexibility index (Phi) is 4.15. The summed E-state index contributed by atoms with van der Waals surface area (Å²) < 4.78 is 11.5. The van der Waals surface area contributed by atoms with Crippen molar-refractivity contribution in [2.45, 2.75) is 6.42 Å². The van der Waals surface area contributed by atoms with Crippen molar-refractivity contribution in [3.05, 3.63) is 64.8 Å². The van der Waals surface area contributed by atoms with E-state index in [0.29, 0.717) is 17.0 Å². The zero-order chi connectivity index (χ0) is 15.5. The van der Waals surface area contributed by atoms with Crippen LogP contribution in [0.15, 0.2) is 59.2 Å². The largest absolute Gasteiger partial charge is 0.454 e. The third kappa shape index (κ3) is 3.31. The molecule has 0 atom stereocenters. The van der Waals surface area contributed by atoms with Crippen molar-refractivity contribution in [3.63, 3.8) is 0 Å². The van der Waals surface area contributed by atoms with Gasteiger partial charge in [-0.25, -0.2) is 0 Å². The van der Waals surface area contributed by atoms with Gasteiger partial charge < -0.3 is 14.8 Å². The minimum atomic E-state index is 0.0192. The number of nitrogens with one attached hydrogen (secondary N) is 1. The first kappa shape index (κ1) is 14.7. The third-order valence-electron chi connectivity index (χ3n) is 3.23. The van der Waals surface area contributed by atoms with Gasteiger partial charge in [-0.1, -0.05) is 34.6 Å². The van der Waals surface area contributed by atoms with E-state index in [0.717, 1.165) is 15.9 Å². The molecule has 0 spiro atoms. The molecule has 1 aliphatic rings. The van der Waals surface area contributed by atoms with Gasteiger partial charge in [0.15, 0.2) is 17.3 Å². The Morgan fingerprint density at radius 1 is 1.14 bits per heavy atom. The lowest BCUT2D eigenvalue weighted by atomic mass is 10.1. The van der Waals surface area contributed by atoms with Crippen LogP contribution in [0.25, 0.3) is 0 Å². The first-order valence-electron chi connectivity index (χ1n) is 6.75. The van der Waals surface area contributed by atoms with E-state index in [9.17, 15) is 4.79 Å². The number of ketones is 1. The van der Waals surface area contributed by atoms with Crippen LogP contribution in [-0.4, -0.2) is 12.6 Å². The van der Waals surface area contributed by atoms with Crippen LogP contribution in [0.4, 0.5) is 5.69 Å². The maximum atomic E-state index is 12.2. The van der Waals surface area contributed by atoms with Crippen molar-refractivity contribution in [2.75, 3.05) is 12.1 Å². The molecule has 0 unspecified atom stereocenters. The monoisotopic (exact) mass is 359 g/mol. The topological polar surface area (TPSA) is 47.6 Å². The number of halogens is 1. The van der Waals surface area contributed by atoms with Crippen LogP contribution in [0.1, 0.15) is 16.8 Å². The first-order valence-corrected chi connectivity index (χ1v) is 7.54. The molecule has 4 nitrogen and oxygen atoms in total. The second-order valence-corrected chi connectivity index (χ2v) is 5.82. The van der Waals surface area contributed by atoms with Gasteiger partial charge in [0.05, 0.1) is 6.42 Å². The summed E-state index contributed by atoms with van der Waals surface area (Å²) in [6, 6.07) is 12.8. The molecule has 1 heterocycles. The third-order valence-corrected chi connectivity index (χ3v) is 3.76. The molecule has 0 radical (unpaired) electrons. The van der Waals surface area contributed by atoms with E-state index in [4.69, 9.17) is 9.47 Å². The van der Waals surface area contributed by atoms with Crippen molar-refractivity contribution >= 4 is 27.4 Å². The molecule has 0 saturated heterocycles. The zero-order valence-electron chi connectivity index (χ0n) is 11.8. The summed E-state index contributed by atoms with van der Waals surface area (Å²) in [7, 11) is 0. The number of ether oxygens (including phenoxy) is 2. The first-order chi connectivity index (χ1) is 10.6. The minimum Gasteiger partial charge on any atom is -0.454 e. The summed E-state index contributed by atoms with van der Waals surface area (Å²) >= 11 is 3.35. The SMILES string of the molecule is C=C(CC(=O)c1ccc(Br)cc1)Nc1ccc2c(c1)OCO2. The maximum absolute atomic E-state index is 12.2. The number of allylic oxidation sites excluding steroid dienone is 1. The molecular formula is C17H14BrNO3. The molecule has 0 saturated carbocycles. The van der Waals surface area contributed by atoms with Crippen LogP contribution in [-0.2, 0) is 0 Å². The molecule has 0 fully saturated rings. The van der Waals surface area contributed by atoms with E-state index >= 15 is 0 Å². The lowest BCUT2D eigenvalue weighted by Gasteiger charge is -2.10. The Labute approximate surface area is 136 Å². The van der Waals surface area contributed by atoms with Gasteiger partial charge in [0.2, 0.25) is 6.79 Å². The van der Waals surface area contributed by atoms with Crippen molar-refractivity contribution < 1.29 is 14.3 Å². The number of benzene rings is 2. The number of carbonyl (C=O) groups is 1. The zero-order valence-corrected chi connectivity index (χ0v) is 13.4. The van der Waals surface area contributed by atoms with E-state index < -0.39 is 0 Å². The lowest BCUT2D eigenvalue weighted by molar-refractivity contribution is 0.0993. The Hall–Kier alpha value is -2.27. The van der Waals surface area contributed by atoms with Gasteiger partial charge in [0, 0.05) is 27.5 Å². The fourth-order valence-electron chi connectivity index (χ4n) is 2.15. The molecule has 112 valence electrons. The molecule has 22 heavy (non-hydrogen) atoms. The summed E-state index contributed by atoms with van der Waals surface area (Å²) in [5.41, 5.74) is 2.11. The number of hydrogen-bond donors (Lipinski definition) is 1. The molecule has 0 bridgehead atoms. The highest BCUT2D eigenvalue weighted by Gasteiger charge is 2.14. The predicted molar refractivity (Wildman–Crippen MR) is 88.4 cm³/mol. The molecule has 2 aromatic rings. The van der Waals surface area contributed by atoms with Crippen molar-refractivity contribution in [1.82, 2.24) is 0 Å². The number of fused-ring (bicyclic) bond motifs is 1. The highest BCUT2D eigenvalue weighted by atomic mass is 79.9. The average molecular weight is 360 g/mol. The Morgan fingerprint density at radius 2 is 1.86 bits per heavy atom. The normalized spacial score (nSPS) is 12.0. The minimum absolute atomic E-state index is 0.0192. The van der Waals surface area contributed by atoms with Crippen molar-refractivity contribution in [2.24, 2.45) is 0 Å². The quantitative estimate of drug-likeness (QED) is 0.804. The molecule has 2 aromatic carbocycles. The second-order valence-electron chi connectivity index (χ2n) is 4.90. The number of rotatable bonds is 5. The van der Waals surface area contributed by atoms with Crippen molar-refractivity contribution in [1.29, 1.82) is 0 Å². The number of carbonyl (C=O) groups excluding carboxylic acids is 1. The molecule has 1 aliphatic heterocycles. The van der Waals surface area contributed by atoms with Crippen LogP contribution in [0.5, 0.6) is 11.5 Å². The molecule has 5 heteroatoms. The highest BCUT2D eigenvalue weighted by Crippen LogP contribution is 2.34. The predicted octanol–water partition coefficient (Wildman–Crippen LogP) is 4.38. The van der Waals surface area contributed by atoms with Crippen LogP contribution in [0, 0.1) is 0 Å². The smallest absolute Gasteiger partial charge is 0.231 e. The van der Waals surface area contributed by atoms with Crippen LogP contribution >= 0.6 is 15.9 Å². The molecule has 3 rings (SSSR count). The molecule has 0 aromatic heterocycles. The lowest BCUT2D eigenvalue weighted by Crippen LogP contribution is -2.06. The fourth-order valence-corrected chi connectivity index (χ4v) is 2.42. The van der Waals surface area contributed by atoms with Gasteiger partial charge in [-0.2, -0.15) is 0 Å². The fraction of sp³-hybridized carbons (Fsp3) is 0.118. The summed E-state index contributed by atoms with van der Waals surface area (Å²) in [6.07, 6.45) is 0.232. The Balaban J connectivity index is 1.62. The molecule has 1 N–H and O–H groups in total. The highest BCUT2D eigenvalue weighted by molar-refractivity contribution is 9.10. The van der Waals surface area contributed by atoms with Gasteiger partial charge in [0.1, 0.15) is 0 Å². The van der Waals surface area contributed by atoms with Crippen molar-refractivity contribution in [3.8, 4) is 11.5 Å². The average Bonchev–Trinajstić information content (AvgIpc) is 2.95. The molecule has 0 amide bonds. The van der Waals surface area contributed by atoms with Crippen LogP contribution in [0.3, 0.4) is 0 Å². The standard InChI is InChI=1S/C17H14BrNO3/c1-11(8-15(20)12-2-4-13(18)5-3-12)19-14-6-7-16-17(9-14)22-10-21-16/h2-7,9,19H,1,8,10H2. The van der Waals surface area contributed by atoms with E-state index in [1.807, 2.05) is 30.3 Å². The molecular weight excluding hydrogens is 346 g/mol. The summed E-state index contributed by atoms with van der Waals surface area (Å²) in [6.45, 7) is 4.15. The Morgan fingerprint density at radius 3 is 2.64 bits per heavy atom. The summed E-state index contributed by atoms with van der Waals surface area (Å²) in [5, 5.41) is 3.12. The van der Waals surface area contributed by atoms with Gasteiger partial charge in [-0.3, -0.25) is 4.79 Å². The summed E-state index contributed by atoms with van der Waals surface area (Å²) in [5.74, 6) is 1.44. The second kappa shape index (κ2) is 6.23.